The fraction of sp³-hybridized carbons (Fsp3) is 0.278. The topological polar surface area (TPSA) is 93.7 Å². The van der Waals surface area contributed by atoms with Crippen molar-refractivity contribution >= 4 is 21.6 Å². The Labute approximate surface area is 153 Å². The smallest absolute Gasteiger partial charge is 0.240 e. The lowest BCUT2D eigenvalue weighted by Gasteiger charge is -2.12. The van der Waals surface area contributed by atoms with Crippen LogP contribution in [0.5, 0.6) is 11.5 Å². The number of nitrogens with one attached hydrogen (secondary N) is 2. The highest BCUT2D eigenvalue weighted by Crippen LogP contribution is 2.27. The van der Waals surface area contributed by atoms with Gasteiger partial charge in [-0.3, -0.25) is 4.79 Å². The minimum absolute atomic E-state index is 0.0405. The Morgan fingerprint density at radius 1 is 1.12 bits per heavy atom. The molecule has 0 bridgehead atoms. The zero-order chi connectivity index (χ0) is 19.2. The minimum atomic E-state index is -3.72. The van der Waals surface area contributed by atoms with Gasteiger partial charge in [0.25, 0.3) is 0 Å². The third kappa shape index (κ3) is 5.47. The predicted molar refractivity (Wildman–Crippen MR) is 99.2 cm³/mol. The molecule has 1 amide bonds. The van der Waals surface area contributed by atoms with Gasteiger partial charge in [-0.2, -0.15) is 0 Å². The average molecular weight is 378 g/mol. The average Bonchev–Trinajstić information content (AvgIpc) is 2.60. The van der Waals surface area contributed by atoms with Crippen molar-refractivity contribution in [3.8, 4) is 11.5 Å². The molecule has 0 fully saturated rings. The summed E-state index contributed by atoms with van der Waals surface area (Å²) in [6.45, 7) is 3.65. The molecule has 0 aliphatic carbocycles. The van der Waals surface area contributed by atoms with Crippen LogP contribution in [0.15, 0.2) is 47.4 Å². The van der Waals surface area contributed by atoms with Crippen LogP contribution in [0.2, 0.25) is 0 Å². The molecule has 0 aliphatic rings. The summed E-state index contributed by atoms with van der Waals surface area (Å²) in [5, 5.41) is 2.58. The Morgan fingerprint density at radius 3 is 2.42 bits per heavy atom. The molecule has 2 rings (SSSR count). The van der Waals surface area contributed by atoms with E-state index < -0.39 is 10.0 Å². The first-order chi connectivity index (χ1) is 12.3. The minimum Gasteiger partial charge on any atom is -0.495 e. The quantitative estimate of drug-likeness (QED) is 0.688. The highest BCUT2D eigenvalue weighted by Gasteiger charge is 2.16. The maximum absolute atomic E-state index is 12.4. The van der Waals surface area contributed by atoms with Crippen molar-refractivity contribution in [2.75, 3.05) is 25.6 Å². The van der Waals surface area contributed by atoms with Crippen LogP contribution < -0.4 is 19.5 Å². The molecular formula is C18H22N2O5S. The SMILES string of the molecule is COc1cc(S(=O)(=O)NCCOc2ccc(C)cc2)ccc1NC(C)=O. The molecule has 0 spiro atoms. The number of hydrogen-bond acceptors (Lipinski definition) is 5. The van der Waals surface area contributed by atoms with E-state index in [4.69, 9.17) is 9.47 Å². The predicted octanol–water partition coefficient (Wildman–Crippen LogP) is 2.32. The van der Waals surface area contributed by atoms with Crippen LogP contribution in [0, 0.1) is 6.92 Å². The number of aryl methyl sites for hydroxylation is 1. The van der Waals surface area contributed by atoms with Crippen LogP contribution in [-0.2, 0) is 14.8 Å². The van der Waals surface area contributed by atoms with E-state index in [2.05, 4.69) is 10.0 Å². The van der Waals surface area contributed by atoms with Crippen molar-refractivity contribution in [2.24, 2.45) is 0 Å². The molecule has 2 aromatic rings. The molecule has 2 aromatic carbocycles. The van der Waals surface area contributed by atoms with Gasteiger partial charge >= 0.3 is 0 Å². The lowest BCUT2D eigenvalue weighted by atomic mass is 10.2. The standard InChI is InChI=1S/C18H22N2O5S/c1-13-4-6-15(7-5-13)25-11-10-19-26(22,23)16-8-9-17(20-14(2)21)18(12-16)24-3/h4-9,12,19H,10-11H2,1-3H3,(H,20,21). The fourth-order valence-corrected chi connectivity index (χ4v) is 3.22. The van der Waals surface area contributed by atoms with E-state index in [1.165, 1.54) is 32.2 Å². The van der Waals surface area contributed by atoms with E-state index in [9.17, 15) is 13.2 Å². The van der Waals surface area contributed by atoms with Gasteiger partial charge in [0.05, 0.1) is 17.7 Å². The van der Waals surface area contributed by atoms with E-state index in [0.29, 0.717) is 11.4 Å². The molecule has 0 heterocycles. The summed E-state index contributed by atoms with van der Waals surface area (Å²) in [5.41, 5.74) is 1.52. The second-order valence-electron chi connectivity index (χ2n) is 5.60. The van der Waals surface area contributed by atoms with Crippen LogP contribution in [0.25, 0.3) is 0 Å². The molecule has 7 nitrogen and oxygen atoms in total. The summed E-state index contributed by atoms with van der Waals surface area (Å²) >= 11 is 0. The van der Waals surface area contributed by atoms with Gasteiger partial charge < -0.3 is 14.8 Å². The van der Waals surface area contributed by atoms with Gasteiger partial charge in [-0.05, 0) is 31.2 Å². The van der Waals surface area contributed by atoms with Gasteiger partial charge in [0.1, 0.15) is 18.1 Å². The lowest BCUT2D eigenvalue weighted by molar-refractivity contribution is -0.114. The highest BCUT2D eigenvalue weighted by molar-refractivity contribution is 7.89. The third-order valence-corrected chi connectivity index (χ3v) is 4.94. The van der Waals surface area contributed by atoms with Gasteiger partial charge in [0.2, 0.25) is 15.9 Å². The first-order valence-corrected chi connectivity index (χ1v) is 9.45. The van der Waals surface area contributed by atoms with Gasteiger partial charge in [-0.25, -0.2) is 13.1 Å². The monoisotopic (exact) mass is 378 g/mol. The Balaban J connectivity index is 1.98. The van der Waals surface area contributed by atoms with Crippen molar-refractivity contribution in [3.05, 3.63) is 48.0 Å². The second kappa shape index (κ2) is 8.68. The van der Waals surface area contributed by atoms with E-state index in [1.54, 1.807) is 0 Å². The fourth-order valence-electron chi connectivity index (χ4n) is 2.19. The number of methoxy groups -OCH3 is 1. The first-order valence-electron chi connectivity index (χ1n) is 7.96. The van der Waals surface area contributed by atoms with E-state index >= 15 is 0 Å². The summed E-state index contributed by atoms with van der Waals surface area (Å²) < 4.78 is 37.9. The molecule has 2 N–H and O–H groups in total. The zero-order valence-corrected chi connectivity index (χ0v) is 15.7. The normalized spacial score (nSPS) is 11.0. The summed E-state index contributed by atoms with van der Waals surface area (Å²) in [6.07, 6.45) is 0. The molecule has 0 saturated heterocycles. The van der Waals surface area contributed by atoms with Gasteiger partial charge in [0, 0.05) is 19.5 Å². The molecule has 0 aliphatic heterocycles. The van der Waals surface area contributed by atoms with Crippen LogP contribution >= 0.6 is 0 Å². The summed E-state index contributed by atoms with van der Waals surface area (Å²) in [4.78, 5) is 11.2. The summed E-state index contributed by atoms with van der Waals surface area (Å²) in [5.74, 6) is 0.667. The first kappa shape index (κ1) is 19.7. The van der Waals surface area contributed by atoms with E-state index in [-0.39, 0.29) is 29.7 Å². The Kier molecular flexibility index (Phi) is 6.59. The Bertz CT molecular complexity index is 864. The van der Waals surface area contributed by atoms with Gasteiger partial charge in [-0.15, -0.1) is 0 Å². The summed E-state index contributed by atoms with van der Waals surface area (Å²) in [6, 6.07) is 11.7. The van der Waals surface area contributed by atoms with Crippen LogP contribution in [-0.4, -0.2) is 34.6 Å². The molecule has 0 unspecified atom stereocenters. The van der Waals surface area contributed by atoms with Crippen molar-refractivity contribution in [3.63, 3.8) is 0 Å². The van der Waals surface area contributed by atoms with E-state index in [0.717, 1.165) is 5.56 Å². The maximum Gasteiger partial charge on any atom is 0.240 e. The number of amides is 1. The molecule has 0 aromatic heterocycles. The number of benzene rings is 2. The van der Waals surface area contributed by atoms with E-state index in [1.807, 2.05) is 31.2 Å². The number of carbonyl (C=O) groups excluding carboxylic acids is 1. The second-order valence-corrected chi connectivity index (χ2v) is 7.37. The van der Waals surface area contributed by atoms with Gasteiger partial charge in [-0.1, -0.05) is 17.7 Å². The molecule has 0 atom stereocenters. The summed E-state index contributed by atoms with van der Waals surface area (Å²) in [7, 11) is -2.32. The number of sulfonamides is 1. The largest absolute Gasteiger partial charge is 0.495 e. The van der Waals surface area contributed by atoms with Crippen molar-refractivity contribution in [2.45, 2.75) is 18.7 Å². The lowest BCUT2D eigenvalue weighted by Crippen LogP contribution is -2.28. The number of anilines is 1. The molecule has 0 radical (unpaired) electrons. The number of hydrogen-bond donors (Lipinski definition) is 2. The number of rotatable bonds is 8. The zero-order valence-electron chi connectivity index (χ0n) is 14.9. The Hall–Kier alpha value is -2.58. The highest BCUT2D eigenvalue weighted by atomic mass is 32.2. The maximum atomic E-state index is 12.4. The van der Waals surface area contributed by atoms with Crippen LogP contribution in [0.3, 0.4) is 0 Å². The van der Waals surface area contributed by atoms with Crippen LogP contribution in [0.4, 0.5) is 5.69 Å². The van der Waals surface area contributed by atoms with Crippen molar-refractivity contribution in [1.82, 2.24) is 4.72 Å². The Morgan fingerprint density at radius 2 is 1.81 bits per heavy atom. The molecular weight excluding hydrogens is 356 g/mol. The third-order valence-electron chi connectivity index (χ3n) is 3.48. The van der Waals surface area contributed by atoms with Gasteiger partial charge in [0.15, 0.2) is 0 Å². The van der Waals surface area contributed by atoms with Crippen LogP contribution in [0.1, 0.15) is 12.5 Å². The number of carbonyl (C=O) groups is 1. The molecule has 140 valence electrons. The van der Waals surface area contributed by atoms with Crippen molar-refractivity contribution in [1.29, 1.82) is 0 Å². The molecule has 0 saturated carbocycles. The number of ether oxygens (including phenoxy) is 2. The molecule has 8 heteroatoms. The van der Waals surface area contributed by atoms with Crippen molar-refractivity contribution < 1.29 is 22.7 Å². The molecule has 26 heavy (non-hydrogen) atoms.